The summed E-state index contributed by atoms with van der Waals surface area (Å²) in [5.74, 6) is 0. The fraction of sp³-hybridized carbons (Fsp3) is 0.389. The zero-order valence-corrected chi connectivity index (χ0v) is 14.4. The van der Waals surface area contributed by atoms with E-state index in [1.165, 1.54) is 5.56 Å². The summed E-state index contributed by atoms with van der Waals surface area (Å²) in [4.78, 5) is 14.3. The molecule has 2 heterocycles. The van der Waals surface area contributed by atoms with Gasteiger partial charge in [-0.2, -0.15) is 11.3 Å². The summed E-state index contributed by atoms with van der Waals surface area (Å²) in [6.45, 7) is 2.54. The third-order valence-electron chi connectivity index (χ3n) is 4.42. The first-order valence-electron chi connectivity index (χ1n) is 8.25. The van der Waals surface area contributed by atoms with Crippen LogP contribution in [-0.4, -0.2) is 35.2 Å². The highest BCUT2D eigenvalue weighted by molar-refractivity contribution is 7.08. The van der Waals surface area contributed by atoms with Gasteiger partial charge in [0.05, 0.1) is 12.3 Å². The first-order valence-corrected chi connectivity index (χ1v) is 9.19. The minimum absolute atomic E-state index is 0.197. The van der Waals surface area contributed by atoms with Gasteiger partial charge in [0.1, 0.15) is 0 Å². The standard InChI is InChI=1S/C18H23N3O2S/c22-12-17-6-3-8-21(17)11-15-5-2-1-4-14(15)10-19-18(23)20-16-7-9-24-13-16/h1-2,4-5,7,9,13,17,22H,3,6,8,10-12H2,(H2,19,20,23)/t17-/m0/s1. The molecule has 1 aromatic heterocycles. The van der Waals surface area contributed by atoms with Crippen LogP contribution in [-0.2, 0) is 13.1 Å². The van der Waals surface area contributed by atoms with Crippen LogP contribution in [0.15, 0.2) is 41.1 Å². The van der Waals surface area contributed by atoms with Gasteiger partial charge in [0.15, 0.2) is 0 Å². The van der Waals surface area contributed by atoms with Gasteiger partial charge in [0.25, 0.3) is 0 Å². The molecule has 1 fully saturated rings. The van der Waals surface area contributed by atoms with Crippen LogP contribution >= 0.6 is 11.3 Å². The van der Waals surface area contributed by atoms with Gasteiger partial charge in [-0.05, 0) is 42.0 Å². The predicted octanol–water partition coefficient (Wildman–Crippen LogP) is 3.03. The summed E-state index contributed by atoms with van der Waals surface area (Å²) >= 11 is 1.55. The second-order valence-electron chi connectivity index (χ2n) is 6.04. The van der Waals surface area contributed by atoms with Crippen LogP contribution in [0.1, 0.15) is 24.0 Å². The van der Waals surface area contributed by atoms with Gasteiger partial charge in [-0.15, -0.1) is 0 Å². The van der Waals surface area contributed by atoms with Crippen molar-refractivity contribution < 1.29 is 9.90 Å². The van der Waals surface area contributed by atoms with Crippen molar-refractivity contribution in [2.75, 3.05) is 18.5 Å². The van der Waals surface area contributed by atoms with Gasteiger partial charge < -0.3 is 15.7 Å². The zero-order valence-electron chi connectivity index (χ0n) is 13.6. The number of anilines is 1. The number of nitrogens with zero attached hydrogens (tertiary/aromatic N) is 1. The number of hydrogen-bond donors (Lipinski definition) is 3. The maximum absolute atomic E-state index is 12.0. The Morgan fingerprint density at radius 2 is 2.12 bits per heavy atom. The number of aliphatic hydroxyl groups excluding tert-OH is 1. The Kier molecular flexibility index (Phi) is 5.85. The number of nitrogens with one attached hydrogen (secondary N) is 2. The van der Waals surface area contributed by atoms with Gasteiger partial charge >= 0.3 is 6.03 Å². The van der Waals surface area contributed by atoms with Crippen molar-refractivity contribution in [1.29, 1.82) is 0 Å². The van der Waals surface area contributed by atoms with Crippen LogP contribution in [0.4, 0.5) is 10.5 Å². The summed E-state index contributed by atoms with van der Waals surface area (Å²) in [6, 6.07) is 10.1. The van der Waals surface area contributed by atoms with Gasteiger partial charge in [-0.3, -0.25) is 4.90 Å². The number of likely N-dealkylation sites (tertiary alicyclic amines) is 1. The molecule has 0 bridgehead atoms. The van der Waals surface area contributed by atoms with E-state index in [-0.39, 0.29) is 18.7 Å². The number of urea groups is 1. The SMILES string of the molecule is O=C(NCc1ccccc1CN1CCC[C@H]1CO)Nc1ccsc1. The number of carbonyl (C=O) groups excluding carboxylic acids is 1. The monoisotopic (exact) mass is 345 g/mol. The molecule has 3 N–H and O–H groups in total. The molecule has 2 amide bonds. The number of aliphatic hydroxyl groups is 1. The Labute approximate surface area is 146 Å². The molecule has 24 heavy (non-hydrogen) atoms. The Morgan fingerprint density at radius 3 is 2.88 bits per heavy atom. The lowest BCUT2D eigenvalue weighted by molar-refractivity contribution is 0.153. The van der Waals surface area contributed by atoms with Gasteiger partial charge in [-0.25, -0.2) is 4.79 Å². The molecule has 2 aromatic rings. The molecule has 0 unspecified atom stereocenters. The normalized spacial score (nSPS) is 17.8. The molecule has 1 aliphatic rings. The van der Waals surface area contributed by atoms with Crippen molar-refractivity contribution in [3.05, 3.63) is 52.2 Å². The number of rotatable bonds is 6. The van der Waals surface area contributed by atoms with Crippen LogP contribution in [0.3, 0.4) is 0 Å². The molecule has 3 rings (SSSR count). The van der Waals surface area contributed by atoms with Gasteiger partial charge in [0.2, 0.25) is 0 Å². The quantitative estimate of drug-likeness (QED) is 0.754. The van der Waals surface area contributed by atoms with Crippen LogP contribution in [0.2, 0.25) is 0 Å². The van der Waals surface area contributed by atoms with E-state index in [1.807, 2.05) is 35.0 Å². The smallest absolute Gasteiger partial charge is 0.319 e. The number of carbonyl (C=O) groups is 1. The fourth-order valence-corrected chi connectivity index (χ4v) is 3.69. The lowest BCUT2D eigenvalue weighted by Gasteiger charge is -2.24. The van der Waals surface area contributed by atoms with Crippen LogP contribution < -0.4 is 10.6 Å². The van der Waals surface area contributed by atoms with Crippen molar-refractivity contribution in [2.24, 2.45) is 0 Å². The molecule has 0 radical (unpaired) electrons. The second-order valence-corrected chi connectivity index (χ2v) is 6.82. The topological polar surface area (TPSA) is 64.6 Å². The Hall–Kier alpha value is -1.89. The maximum Gasteiger partial charge on any atom is 0.319 e. The zero-order chi connectivity index (χ0) is 16.8. The minimum atomic E-state index is -0.197. The van der Waals surface area contributed by atoms with Crippen molar-refractivity contribution in [2.45, 2.75) is 32.0 Å². The van der Waals surface area contributed by atoms with Crippen molar-refractivity contribution in [3.63, 3.8) is 0 Å². The molecule has 0 spiro atoms. The first kappa shape index (κ1) is 17.0. The van der Waals surface area contributed by atoms with E-state index in [0.717, 1.165) is 37.2 Å². The number of benzene rings is 1. The van der Waals surface area contributed by atoms with E-state index >= 15 is 0 Å². The lowest BCUT2D eigenvalue weighted by Crippen LogP contribution is -2.32. The average Bonchev–Trinajstić information content (AvgIpc) is 3.25. The van der Waals surface area contributed by atoms with Gasteiger partial charge in [0, 0.05) is 24.5 Å². The highest BCUT2D eigenvalue weighted by Crippen LogP contribution is 2.21. The molecular formula is C18H23N3O2S. The Balaban J connectivity index is 1.58. The van der Waals surface area contributed by atoms with Crippen LogP contribution in [0.25, 0.3) is 0 Å². The molecule has 128 valence electrons. The lowest BCUT2D eigenvalue weighted by atomic mass is 10.1. The van der Waals surface area contributed by atoms with E-state index in [4.69, 9.17) is 0 Å². The van der Waals surface area contributed by atoms with Crippen molar-refractivity contribution in [3.8, 4) is 0 Å². The summed E-state index contributed by atoms with van der Waals surface area (Å²) < 4.78 is 0. The summed E-state index contributed by atoms with van der Waals surface area (Å²) in [7, 11) is 0. The summed E-state index contributed by atoms with van der Waals surface area (Å²) in [5.41, 5.74) is 3.13. The largest absolute Gasteiger partial charge is 0.395 e. The third-order valence-corrected chi connectivity index (χ3v) is 5.10. The minimum Gasteiger partial charge on any atom is -0.395 e. The molecular weight excluding hydrogens is 322 g/mol. The summed E-state index contributed by atoms with van der Waals surface area (Å²) in [6.07, 6.45) is 2.19. The van der Waals surface area contributed by atoms with E-state index in [9.17, 15) is 9.90 Å². The maximum atomic E-state index is 12.0. The van der Waals surface area contributed by atoms with Gasteiger partial charge in [-0.1, -0.05) is 24.3 Å². The Morgan fingerprint density at radius 1 is 1.29 bits per heavy atom. The number of hydrogen-bond acceptors (Lipinski definition) is 4. The Bertz CT molecular complexity index is 660. The van der Waals surface area contributed by atoms with Crippen molar-refractivity contribution >= 4 is 23.1 Å². The third kappa shape index (κ3) is 4.35. The first-order chi connectivity index (χ1) is 11.8. The highest BCUT2D eigenvalue weighted by Gasteiger charge is 2.24. The van der Waals surface area contributed by atoms with Crippen LogP contribution in [0.5, 0.6) is 0 Å². The molecule has 1 saturated heterocycles. The van der Waals surface area contributed by atoms with Crippen molar-refractivity contribution in [1.82, 2.24) is 10.2 Å². The van der Waals surface area contributed by atoms with E-state index in [1.54, 1.807) is 11.3 Å². The van der Waals surface area contributed by atoms with Crippen LogP contribution in [0, 0.1) is 0 Å². The number of amides is 2. The molecule has 1 atom stereocenters. The van der Waals surface area contributed by atoms with E-state index in [2.05, 4.69) is 21.6 Å². The highest BCUT2D eigenvalue weighted by atomic mass is 32.1. The fourth-order valence-electron chi connectivity index (χ4n) is 3.10. The average molecular weight is 345 g/mol. The molecule has 6 heteroatoms. The molecule has 0 saturated carbocycles. The number of thiophene rings is 1. The molecule has 1 aliphatic heterocycles. The predicted molar refractivity (Wildman–Crippen MR) is 97.1 cm³/mol. The van der Waals surface area contributed by atoms with E-state index in [0.29, 0.717) is 6.54 Å². The van der Waals surface area contributed by atoms with E-state index < -0.39 is 0 Å². The molecule has 0 aliphatic carbocycles. The molecule has 1 aromatic carbocycles. The summed E-state index contributed by atoms with van der Waals surface area (Å²) in [5, 5.41) is 19.0. The molecule has 5 nitrogen and oxygen atoms in total. The second kappa shape index (κ2) is 8.28.